The molecule has 132 valence electrons. The SMILES string of the molecule is CS(=O)(=O)c1ccccc1C(=O)Nc1ccc(Oc2ccccc2)cc1. The van der Waals surface area contributed by atoms with Crippen LogP contribution in [0.2, 0.25) is 0 Å². The Morgan fingerprint density at radius 2 is 1.38 bits per heavy atom. The fourth-order valence-electron chi connectivity index (χ4n) is 2.41. The van der Waals surface area contributed by atoms with Gasteiger partial charge in [-0.15, -0.1) is 0 Å². The molecule has 0 fully saturated rings. The van der Waals surface area contributed by atoms with Gasteiger partial charge in [-0.1, -0.05) is 30.3 Å². The first-order valence-corrected chi connectivity index (χ1v) is 9.76. The Morgan fingerprint density at radius 1 is 0.808 bits per heavy atom. The third-order valence-electron chi connectivity index (χ3n) is 3.62. The minimum absolute atomic E-state index is 0.00142. The molecule has 0 bridgehead atoms. The molecule has 1 amide bonds. The van der Waals surface area contributed by atoms with Gasteiger partial charge >= 0.3 is 0 Å². The first-order chi connectivity index (χ1) is 12.4. The van der Waals surface area contributed by atoms with Crippen LogP contribution in [-0.2, 0) is 9.84 Å². The predicted molar refractivity (Wildman–Crippen MR) is 100 cm³/mol. The number of rotatable bonds is 5. The summed E-state index contributed by atoms with van der Waals surface area (Å²) in [5, 5.41) is 2.70. The zero-order chi connectivity index (χ0) is 18.6. The van der Waals surface area contributed by atoms with Crippen molar-refractivity contribution in [3.63, 3.8) is 0 Å². The Labute approximate surface area is 152 Å². The van der Waals surface area contributed by atoms with E-state index in [0.717, 1.165) is 6.26 Å². The molecule has 0 aliphatic rings. The van der Waals surface area contributed by atoms with Gasteiger partial charge in [0.15, 0.2) is 9.84 Å². The highest BCUT2D eigenvalue weighted by atomic mass is 32.2. The number of hydrogen-bond donors (Lipinski definition) is 1. The summed E-state index contributed by atoms with van der Waals surface area (Å²) in [7, 11) is -3.49. The van der Waals surface area contributed by atoms with Gasteiger partial charge in [0.05, 0.1) is 10.5 Å². The maximum Gasteiger partial charge on any atom is 0.256 e. The first kappa shape index (κ1) is 17.7. The van der Waals surface area contributed by atoms with E-state index < -0.39 is 15.7 Å². The van der Waals surface area contributed by atoms with Gasteiger partial charge in [-0.05, 0) is 48.5 Å². The fourth-order valence-corrected chi connectivity index (χ4v) is 3.29. The zero-order valence-corrected chi connectivity index (χ0v) is 14.9. The fraction of sp³-hybridized carbons (Fsp3) is 0.0500. The molecule has 0 unspecified atom stereocenters. The number of benzene rings is 3. The standard InChI is InChI=1S/C20H17NO4S/c1-26(23,24)19-10-6-5-9-18(19)20(22)21-15-11-13-17(14-12-15)25-16-7-3-2-4-8-16/h2-14H,1H3,(H,21,22). The van der Waals surface area contributed by atoms with Gasteiger partial charge in [-0.25, -0.2) is 8.42 Å². The van der Waals surface area contributed by atoms with Crippen LogP contribution >= 0.6 is 0 Å². The van der Waals surface area contributed by atoms with E-state index in [-0.39, 0.29) is 10.5 Å². The van der Waals surface area contributed by atoms with Gasteiger partial charge in [0.2, 0.25) is 0 Å². The van der Waals surface area contributed by atoms with Crippen LogP contribution in [-0.4, -0.2) is 20.6 Å². The van der Waals surface area contributed by atoms with Crippen molar-refractivity contribution in [2.45, 2.75) is 4.90 Å². The molecule has 0 heterocycles. The van der Waals surface area contributed by atoms with Crippen molar-refractivity contribution in [1.29, 1.82) is 0 Å². The number of anilines is 1. The minimum Gasteiger partial charge on any atom is -0.457 e. The monoisotopic (exact) mass is 367 g/mol. The van der Waals surface area contributed by atoms with E-state index in [0.29, 0.717) is 17.2 Å². The number of ether oxygens (including phenoxy) is 1. The molecule has 6 heteroatoms. The molecule has 0 saturated carbocycles. The average molecular weight is 367 g/mol. The van der Waals surface area contributed by atoms with Crippen molar-refractivity contribution >= 4 is 21.4 Å². The summed E-state index contributed by atoms with van der Waals surface area (Å²) in [6.45, 7) is 0. The van der Waals surface area contributed by atoms with Crippen LogP contribution in [0.4, 0.5) is 5.69 Å². The number of sulfone groups is 1. The largest absolute Gasteiger partial charge is 0.457 e. The van der Waals surface area contributed by atoms with E-state index in [1.165, 1.54) is 12.1 Å². The van der Waals surface area contributed by atoms with Crippen LogP contribution in [0.15, 0.2) is 83.8 Å². The van der Waals surface area contributed by atoms with Gasteiger partial charge in [-0.3, -0.25) is 4.79 Å². The van der Waals surface area contributed by atoms with Crippen LogP contribution in [0.5, 0.6) is 11.5 Å². The predicted octanol–water partition coefficient (Wildman–Crippen LogP) is 4.13. The Balaban J connectivity index is 1.75. The lowest BCUT2D eigenvalue weighted by Gasteiger charge is -2.10. The summed E-state index contributed by atoms with van der Waals surface area (Å²) in [5.41, 5.74) is 0.651. The summed E-state index contributed by atoms with van der Waals surface area (Å²) >= 11 is 0. The van der Waals surface area contributed by atoms with Gasteiger partial charge in [0, 0.05) is 11.9 Å². The highest BCUT2D eigenvalue weighted by Crippen LogP contribution is 2.23. The molecule has 5 nitrogen and oxygen atoms in total. The van der Waals surface area contributed by atoms with Crippen LogP contribution in [0.25, 0.3) is 0 Å². The van der Waals surface area contributed by atoms with Crippen molar-refractivity contribution in [3.05, 3.63) is 84.4 Å². The average Bonchev–Trinajstić information content (AvgIpc) is 2.63. The van der Waals surface area contributed by atoms with Crippen molar-refractivity contribution < 1.29 is 17.9 Å². The number of hydrogen-bond acceptors (Lipinski definition) is 4. The third kappa shape index (κ3) is 4.29. The normalized spacial score (nSPS) is 11.0. The first-order valence-electron chi connectivity index (χ1n) is 7.87. The lowest BCUT2D eigenvalue weighted by molar-refractivity contribution is 0.102. The molecule has 26 heavy (non-hydrogen) atoms. The lowest BCUT2D eigenvalue weighted by atomic mass is 10.2. The van der Waals surface area contributed by atoms with Crippen molar-refractivity contribution in [3.8, 4) is 11.5 Å². The summed E-state index contributed by atoms with van der Waals surface area (Å²) < 4.78 is 29.4. The molecule has 1 N–H and O–H groups in total. The molecule has 0 saturated heterocycles. The third-order valence-corrected chi connectivity index (χ3v) is 4.78. The lowest BCUT2D eigenvalue weighted by Crippen LogP contribution is -2.15. The van der Waals surface area contributed by atoms with E-state index >= 15 is 0 Å². The van der Waals surface area contributed by atoms with Crippen LogP contribution in [0.3, 0.4) is 0 Å². The molecule has 0 atom stereocenters. The van der Waals surface area contributed by atoms with E-state index in [2.05, 4.69) is 5.32 Å². The maximum atomic E-state index is 12.5. The highest BCUT2D eigenvalue weighted by molar-refractivity contribution is 7.90. The highest BCUT2D eigenvalue weighted by Gasteiger charge is 2.18. The van der Waals surface area contributed by atoms with Gasteiger partial charge in [0.1, 0.15) is 11.5 Å². The van der Waals surface area contributed by atoms with Gasteiger partial charge in [-0.2, -0.15) is 0 Å². The smallest absolute Gasteiger partial charge is 0.256 e. The Kier molecular flexibility index (Phi) is 5.04. The number of nitrogens with one attached hydrogen (secondary N) is 1. The Hall–Kier alpha value is -3.12. The van der Waals surface area contributed by atoms with Gasteiger partial charge < -0.3 is 10.1 Å². The molecule has 0 aliphatic carbocycles. The minimum atomic E-state index is -3.49. The number of carbonyl (C=O) groups is 1. The van der Waals surface area contributed by atoms with Crippen molar-refractivity contribution in [1.82, 2.24) is 0 Å². The second-order valence-electron chi connectivity index (χ2n) is 5.66. The molecule has 3 rings (SSSR count). The summed E-state index contributed by atoms with van der Waals surface area (Å²) in [6, 6.07) is 22.3. The number of amides is 1. The second kappa shape index (κ2) is 7.41. The molecular weight excluding hydrogens is 350 g/mol. The molecule has 0 aliphatic heterocycles. The second-order valence-corrected chi connectivity index (χ2v) is 7.65. The quantitative estimate of drug-likeness (QED) is 0.736. The number of para-hydroxylation sites is 1. The van der Waals surface area contributed by atoms with E-state index in [1.54, 1.807) is 36.4 Å². The van der Waals surface area contributed by atoms with E-state index in [4.69, 9.17) is 4.74 Å². The topological polar surface area (TPSA) is 72.5 Å². The van der Waals surface area contributed by atoms with Crippen molar-refractivity contribution in [2.75, 3.05) is 11.6 Å². The number of carbonyl (C=O) groups excluding carboxylic acids is 1. The van der Waals surface area contributed by atoms with Gasteiger partial charge in [0.25, 0.3) is 5.91 Å². The molecule has 0 radical (unpaired) electrons. The maximum absolute atomic E-state index is 12.5. The Morgan fingerprint density at radius 3 is 2.04 bits per heavy atom. The summed E-state index contributed by atoms with van der Waals surface area (Å²) in [6.07, 6.45) is 1.08. The van der Waals surface area contributed by atoms with E-state index in [9.17, 15) is 13.2 Å². The molecule has 3 aromatic carbocycles. The van der Waals surface area contributed by atoms with Crippen LogP contribution in [0, 0.1) is 0 Å². The van der Waals surface area contributed by atoms with Crippen molar-refractivity contribution in [2.24, 2.45) is 0 Å². The van der Waals surface area contributed by atoms with E-state index in [1.807, 2.05) is 30.3 Å². The van der Waals surface area contributed by atoms with Crippen LogP contribution < -0.4 is 10.1 Å². The zero-order valence-electron chi connectivity index (χ0n) is 14.0. The van der Waals surface area contributed by atoms with Crippen LogP contribution in [0.1, 0.15) is 10.4 Å². The molecule has 0 spiro atoms. The Bertz CT molecular complexity index is 1010. The summed E-state index contributed by atoms with van der Waals surface area (Å²) in [5.74, 6) is 0.861. The molecule has 3 aromatic rings. The molecular formula is C20H17NO4S. The summed E-state index contributed by atoms with van der Waals surface area (Å²) in [4.78, 5) is 12.5. The molecule has 0 aromatic heterocycles.